The van der Waals surface area contributed by atoms with Gasteiger partial charge in [-0.25, -0.2) is 0 Å². The molecule has 1 aliphatic carbocycles. The molecule has 1 saturated carbocycles. The lowest BCUT2D eigenvalue weighted by Gasteiger charge is -2.37. The van der Waals surface area contributed by atoms with Crippen molar-refractivity contribution < 1.29 is 17.7 Å². The molecule has 5 heteroatoms. The van der Waals surface area contributed by atoms with E-state index < -0.39 is 15.1 Å². The summed E-state index contributed by atoms with van der Waals surface area (Å²) < 4.78 is 40.1. The summed E-state index contributed by atoms with van der Waals surface area (Å²) in [6, 6.07) is 13.2. The van der Waals surface area contributed by atoms with Crippen molar-refractivity contribution in [1.29, 1.82) is 0 Å². The van der Waals surface area contributed by atoms with Crippen molar-refractivity contribution in [3.8, 4) is 5.75 Å². The van der Waals surface area contributed by atoms with E-state index in [0.29, 0.717) is 5.75 Å². The van der Waals surface area contributed by atoms with Crippen molar-refractivity contribution in [1.82, 2.24) is 0 Å². The smallest absolute Gasteiger partial charge is 0.306 e. The minimum atomic E-state index is -4.35. The molecule has 0 saturated heterocycles. The van der Waals surface area contributed by atoms with E-state index in [1.54, 1.807) is 6.07 Å². The Morgan fingerprint density at radius 2 is 1.70 bits per heavy atom. The maximum absolute atomic E-state index is 12.1. The van der Waals surface area contributed by atoms with Crippen LogP contribution in [-0.4, -0.2) is 17.9 Å². The molecule has 4 nitrogen and oxygen atoms in total. The Bertz CT molecular complexity index is 788. The first-order valence-corrected chi connectivity index (χ1v) is 9.49. The lowest BCUT2D eigenvalue weighted by molar-refractivity contribution is 0.0740. The van der Waals surface area contributed by atoms with Crippen molar-refractivity contribution in [3.05, 3.63) is 42.5 Å². The Morgan fingerprint density at radius 3 is 2.39 bits per heavy atom. The molecule has 0 bridgehead atoms. The van der Waals surface area contributed by atoms with Crippen molar-refractivity contribution in [2.45, 2.75) is 44.0 Å². The third-order valence-corrected chi connectivity index (χ3v) is 6.36. The number of hydrogen-bond donors (Lipinski definition) is 1. The summed E-state index contributed by atoms with van der Waals surface area (Å²) >= 11 is 0. The van der Waals surface area contributed by atoms with Gasteiger partial charge in [0.2, 0.25) is 4.93 Å². The zero-order chi connectivity index (χ0) is 16.5. The Labute approximate surface area is 137 Å². The Morgan fingerprint density at radius 1 is 1.04 bits per heavy atom. The van der Waals surface area contributed by atoms with Crippen LogP contribution in [0.25, 0.3) is 10.8 Å². The maximum Gasteiger partial charge on any atom is 0.306 e. The van der Waals surface area contributed by atoms with Crippen LogP contribution in [0.5, 0.6) is 5.75 Å². The summed E-state index contributed by atoms with van der Waals surface area (Å²) in [5.41, 5.74) is 0. The van der Waals surface area contributed by atoms with Gasteiger partial charge in [0, 0.05) is 11.3 Å². The monoisotopic (exact) mass is 334 g/mol. The molecule has 1 unspecified atom stereocenters. The number of rotatable bonds is 4. The summed E-state index contributed by atoms with van der Waals surface area (Å²) in [6.45, 7) is 1.50. The molecule has 1 aliphatic rings. The van der Waals surface area contributed by atoms with Gasteiger partial charge in [-0.2, -0.15) is 8.42 Å². The highest BCUT2D eigenvalue weighted by Gasteiger charge is 2.48. The van der Waals surface area contributed by atoms with Gasteiger partial charge in [-0.15, -0.1) is 0 Å². The van der Waals surface area contributed by atoms with E-state index in [-0.39, 0.29) is 5.92 Å². The molecular weight excluding hydrogens is 312 g/mol. The lowest BCUT2D eigenvalue weighted by atomic mass is 9.85. The second kappa shape index (κ2) is 6.13. The van der Waals surface area contributed by atoms with E-state index in [9.17, 15) is 13.0 Å². The molecule has 0 aliphatic heterocycles. The third kappa shape index (κ3) is 3.08. The normalized spacial score (nSPS) is 19.4. The number of hydrogen-bond acceptors (Lipinski definition) is 3. The minimum Gasteiger partial charge on any atom is -0.468 e. The average Bonchev–Trinajstić information content (AvgIpc) is 2.55. The van der Waals surface area contributed by atoms with E-state index in [0.717, 1.165) is 42.9 Å². The van der Waals surface area contributed by atoms with Crippen molar-refractivity contribution in [2.24, 2.45) is 5.92 Å². The number of benzene rings is 2. The maximum atomic E-state index is 12.1. The molecule has 1 N–H and O–H groups in total. The minimum absolute atomic E-state index is 0.204. The van der Waals surface area contributed by atoms with Crippen molar-refractivity contribution in [2.75, 3.05) is 0 Å². The molecule has 23 heavy (non-hydrogen) atoms. The standard InChI is InChI=1S/C18H22O4S/c1-18(23(19,20)21,15-10-3-2-4-11-15)22-17-13-7-9-14-8-5-6-12-16(14)17/h5-9,12-13,15H,2-4,10-11H2,1H3,(H,19,20,21). The van der Waals surface area contributed by atoms with E-state index in [2.05, 4.69) is 0 Å². The van der Waals surface area contributed by atoms with Gasteiger partial charge >= 0.3 is 10.1 Å². The Kier molecular flexibility index (Phi) is 4.34. The fourth-order valence-corrected chi connectivity index (χ4v) is 4.33. The highest BCUT2D eigenvalue weighted by Crippen LogP contribution is 2.40. The molecule has 0 spiro atoms. The first-order valence-electron chi connectivity index (χ1n) is 8.05. The third-order valence-electron chi connectivity index (χ3n) is 4.92. The van der Waals surface area contributed by atoms with Crippen LogP contribution in [0.3, 0.4) is 0 Å². The quantitative estimate of drug-likeness (QED) is 0.842. The molecule has 2 aromatic carbocycles. The highest BCUT2D eigenvalue weighted by atomic mass is 32.2. The molecule has 2 aromatic rings. The predicted molar refractivity (Wildman–Crippen MR) is 91.1 cm³/mol. The van der Waals surface area contributed by atoms with Gasteiger partial charge in [-0.3, -0.25) is 4.55 Å². The fourth-order valence-electron chi connectivity index (χ4n) is 3.48. The van der Waals surface area contributed by atoms with Crippen LogP contribution in [-0.2, 0) is 10.1 Å². The molecule has 0 aromatic heterocycles. The molecule has 0 radical (unpaired) electrons. The van der Waals surface area contributed by atoms with E-state index in [4.69, 9.17) is 4.74 Å². The summed E-state index contributed by atoms with van der Waals surface area (Å²) in [4.78, 5) is -1.61. The lowest BCUT2D eigenvalue weighted by Crippen LogP contribution is -2.48. The molecule has 3 rings (SSSR count). The summed E-state index contributed by atoms with van der Waals surface area (Å²) in [6.07, 6.45) is 4.54. The van der Waals surface area contributed by atoms with Gasteiger partial charge in [0.25, 0.3) is 0 Å². The van der Waals surface area contributed by atoms with Gasteiger partial charge < -0.3 is 4.74 Å². The van der Waals surface area contributed by atoms with Crippen LogP contribution in [0.2, 0.25) is 0 Å². The molecule has 1 fully saturated rings. The summed E-state index contributed by atoms with van der Waals surface area (Å²) in [7, 11) is -4.35. The summed E-state index contributed by atoms with van der Waals surface area (Å²) in [5.74, 6) is 0.291. The Hall–Kier alpha value is -1.59. The second-order valence-electron chi connectivity index (χ2n) is 6.41. The second-order valence-corrected chi connectivity index (χ2v) is 8.17. The zero-order valence-electron chi connectivity index (χ0n) is 13.2. The van der Waals surface area contributed by atoms with Gasteiger partial charge in [0.1, 0.15) is 5.75 Å². The van der Waals surface area contributed by atoms with Crippen LogP contribution < -0.4 is 4.74 Å². The van der Waals surface area contributed by atoms with E-state index in [1.807, 2.05) is 36.4 Å². The first kappa shape index (κ1) is 16.3. The molecular formula is C18H22O4S. The largest absolute Gasteiger partial charge is 0.468 e. The van der Waals surface area contributed by atoms with Gasteiger partial charge in [0.15, 0.2) is 0 Å². The Balaban J connectivity index is 2.04. The van der Waals surface area contributed by atoms with Crippen LogP contribution in [0.1, 0.15) is 39.0 Å². The number of ether oxygens (including phenoxy) is 1. The van der Waals surface area contributed by atoms with E-state index in [1.165, 1.54) is 6.92 Å². The highest BCUT2D eigenvalue weighted by molar-refractivity contribution is 7.87. The predicted octanol–water partition coefficient (Wildman–Crippen LogP) is 4.40. The average molecular weight is 334 g/mol. The topological polar surface area (TPSA) is 63.6 Å². The first-order chi connectivity index (χ1) is 10.9. The van der Waals surface area contributed by atoms with Crippen LogP contribution in [0, 0.1) is 5.92 Å². The van der Waals surface area contributed by atoms with Gasteiger partial charge in [0.05, 0.1) is 0 Å². The van der Waals surface area contributed by atoms with Gasteiger partial charge in [-0.05, 0) is 31.2 Å². The van der Waals surface area contributed by atoms with E-state index >= 15 is 0 Å². The van der Waals surface area contributed by atoms with Crippen molar-refractivity contribution >= 4 is 20.9 Å². The molecule has 0 amide bonds. The van der Waals surface area contributed by atoms with Crippen molar-refractivity contribution in [3.63, 3.8) is 0 Å². The van der Waals surface area contributed by atoms with Crippen LogP contribution in [0.4, 0.5) is 0 Å². The van der Waals surface area contributed by atoms with Gasteiger partial charge in [-0.1, -0.05) is 55.7 Å². The molecule has 0 heterocycles. The zero-order valence-corrected chi connectivity index (χ0v) is 14.1. The van der Waals surface area contributed by atoms with Crippen LogP contribution in [0.15, 0.2) is 42.5 Å². The van der Waals surface area contributed by atoms with Crippen LogP contribution >= 0.6 is 0 Å². The number of fused-ring (bicyclic) bond motifs is 1. The molecule has 1 atom stereocenters. The summed E-state index contributed by atoms with van der Waals surface area (Å²) in [5, 5.41) is 1.83. The fraction of sp³-hybridized carbons (Fsp3) is 0.444. The molecule has 124 valence electrons. The SMILES string of the molecule is CC(Oc1cccc2ccccc12)(C1CCCCC1)S(=O)(=O)O.